The summed E-state index contributed by atoms with van der Waals surface area (Å²) in [6, 6.07) is 12.9. The van der Waals surface area contributed by atoms with Crippen LogP contribution in [0.2, 0.25) is 10.2 Å². The lowest BCUT2D eigenvalue weighted by Crippen LogP contribution is -2.06. The first-order valence-corrected chi connectivity index (χ1v) is 6.49. The quantitative estimate of drug-likeness (QED) is 0.869. The van der Waals surface area contributed by atoms with Crippen molar-refractivity contribution in [1.82, 2.24) is 4.98 Å². The highest BCUT2D eigenvalue weighted by Gasteiger charge is 2.00. The number of aromatic nitrogens is 1. The van der Waals surface area contributed by atoms with Crippen molar-refractivity contribution in [3.8, 4) is 6.07 Å². The van der Waals surface area contributed by atoms with E-state index in [0.29, 0.717) is 23.1 Å². The van der Waals surface area contributed by atoms with E-state index >= 15 is 0 Å². The minimum absolute atomic E-state index is 0.313. The van der Waals surface area contributed by atoms with Crippen LogP contribution in [0.5, 0.6) is 0 Å². The summed E-state index contributed by atoms with van der Waals surface area (Å²) >= 11 is 11.6. The lowest BCUT2D eigenvalue weighted by molar-refractivity contribution is 1.01. The largest absolute Gasteiger partial charge is 0.370 e. The Balaban J connectivity index is 1.94. The van der Waals surface area contributed by atoms with Crippen LogP contribution in [0.1, 0.15) is 11.1 Å². The molecule has 1 N–H and O–H groups in total. The fourth-order valence-electron chi connectivity index (χ4n) is 1.64. The first-order valence-electron chi connectivity index (χ1n) is 5.73. The molecule has 0 bridgehead atoms. The van der Waals surface area contributed by atoms with E-state index in [4.69, 9.17) is 28.5 Å². The van der Waals surface area contributed by atoms with Crippen molar-refractivity contribution in [2.24, 2.45) is 0 Å². The first-order chi connectivity index (χ1) is 9.17. The number of nitriles is 1. The minimum Gasteiger partial charge on any atom is -0.370 e. The third-order valence-corrected chi connectivity index (χ3v) is 3.00. The number of hydrogen-bond donors (Lipinski definition) is 1. The van der Waals surface area contributed by atoms with Crippen LogP contribution < -0.4 is 5.32 Å². The molecule has 0 aliphatic heterocycles. The van der Waals surface area contributed by atoms with Gasteiger partial charge in [-0.15, -0.1) is 0 Å². The molecule has 0 saturated heterocycles. The number of anilines is 1. The fourth-order valence-corrected chi connectivity index (χ4v) is 1.97. The van der Waals surface area contributed by atoms with Gasteiger partial charge in [0.05, 0.1) is 11.6 Å². The molecule has 1 aromatic heterocycles. The Labute approximate surface area is 121 Å². The smallest absolute Gasteiger partial charge is 0.132 e. The van der Waals surface area contributed by atoms with Gasteiger partial charge in [-0.3, -0.25) is 0 Å². The van der Waals surface area contributed by atoms with Gasteiger partial charge in [-0.1, -0.05) is 35.3 Å². The van der Waals surface area contributed by atoms with Crippen LogP contribution in [0.25, 0.3) is 0 Å². The van der Waals surface area contributed by atoms with Crippen LogP contribution in [0.15, 0.2) is 36.4 Å². The normalized spacial score (nSPS) is 9.95. The molecule has 1 heterocycles. The zero-order valence-electron chi connectivity index (χ0n) is 10.0. The second-order valence-corrected chi connectivity index (χ2v) is 4.80. The summed E-state index contributed by atoms with van der Waals surface area (Å²) in [7, 11) is 0. The van der Waals surface area contributed by atoms with Crippen molar-refractivity contribution < 1.29 is 0 Å². The minimum atomic E-state index is 0.313. The molecule has 0 unspecified atom stereocenters. The van der Waals surface area contributed by atoms with Gasteiger partial charge >= 0.3 is 0 Å². The predicted octanol–water partition coefficient (Wildman–Crippen LogP) is 3.91. The summed E-state index contributed by atoms with van der Waals surface area (Å²) in [5.41, 5.74) is 1.67. The van der Waals surface area contributed by atoms with Gasteiger partial charge in [0.1, 0.15) is 11.0 Å². The molecule has 2 rings (SSSR count). The fraction of sp³-hybridized carbons (Fsp3) is 0.143. The average Bonchev–Trinajstić information content (AvgIpc) is 2.40. The third kappa shape index (κ3) is 4.13. The molecule has 0 fully saturated rings. The van der Waals surface area contributed by atoms with E-state index in [-0.39, 0.29) is 0 Å². The molecule has 1 aromatic carbocycles. The number of pyridine rings is 1. The molecule has 96 valence electrons. The van der Waals surface area contributed by atoms with Crippen LogP contribution in [0, 0.1) is 11.3 Å². The Hall–Kier alpha value is -1.76. The summed E-state index contributed by atoms with van der Waals surface area (Å²) in [5.74, 6) is 0.609. The van der Waals surface area contributed by atoms with E-state index < -0.39 is 0 Å². The molecule has 0 amide bonds. The van der Waals surface area contributed by atoms with Crippen molar-refractivity contribution in [3.05, 3.63) is 57.7 Å². The van der Waals surface area contributed by atoms with Crippen LogP contribution in [0.3, 0.4) is 0 Å². The number of hydrogen-bond acceptors (Lipinski definition) is 3. The summed E-state index contributed by atoms with van der Waals surface area (Å²) in [6.07, 6.45) is 0.841. The topological polar surface area (TPSA) is 48.7 Å². The Morgan fingerprint density at radius 3 is 2.58 bits per heavy atom. The number of rotatable bonds is 4. The monoisotopic (exact) mass is 291 g/mol. The second kappa shape index (κ2) is 6.42. The highest BCUT2D eigenvalue weighted by atomic mass is 35.5. The van der Waals surface area contributed by atoms with Gasteiger partial charge in [-0.2, -0.15) is 5.26 Å². The second-order valence-electron chi connectivity index (χ2n) is 3.98. The third-order valence-electron chi connectivity index (χ3n) is 2.56. The van der Waals surface area contributed by atoms with Crippen molar-refractivity contribution in [2.75, 3.05) is 11.9 Å². The van der Waals surface area contributed by atoms with Crippen molar-refractivity contribution >= 4 is 29.0 Å². The Morgan fingerprint density at radius 2 is 1.89 bits per heavy atom. The zero-order chi connectivity index (χ0) is 13.7. The highest BCUT2D eigenvalue weighted by molar-refractivity contribution is 6.30. The SMILES string of the molecule is N#Cc1cc(Cl)nc(NCCc2ccc(Cl)cc2)c1. The van der Waals surface area contributed by atoms with Crippen molar-refractivity contribution in [1.29, 1.82) is 5.26 Å². The van der Waals surface area contributed by atoms with Gasteiger partial charge < -0.3 is 5.32 Å². The Bertz CT molecular complexity index is 603. The molecule has 0 atom stereocenters. The maximum Gasteiger partial charge on any atom is 0.132 e. The van der Waals surface area contributed by atoms with Gasteiger partial charge in [0.25, 0.3) is 0 Å². The van der Waals surface area contributed by atoms with Gasteiger partial charge in [0.15, 0.2) is 0 Å². The van der Waals surface area contributed by atoms with Crippen molar-refractivity contribution in [2.45, 2.75) is 6.42 Å². The van der Waals surface area contributed by atoms with Crippen LogP contribution in [0.4, 0.5) is 5.82 Å². The van der Waals surface area contributed by atoms with E-state index in [2.05, 4.69) is 10.3 Å². The summed E-state index contributed by atoms with van der Waals surface area (Å²) in [5, 5.41) is 13.0. The molecule has 5 heteroatoms. The predicted molar refractivity (Wildman–Crippen MR) is 77.6 cm³/mol. The molecule has 0 aliphatic rings. The van der Waals surface area contributed by atoms with Crippen molar-refractivity contribution in [3.63, 3.8) is 0 Å². The molecular weight excluding hydrogens is 281 g/mol. The van der Waals surface area contributed by atoms with Crippen LogP contribution in [-0.2, 0) is 6.42 Å². The summed E-state index contributed by atoms with van der Waals surface area (Å²) in [4.78, 5) is 4.11. The number of nitrogens with zero attached hydrogens (tertiary/aromatic N) is 2. The molecule has 3 nitrogen and oxygen atoms in total. The summed E-state index contributed by atoms with van der Waals surface area (Å²) < 4.78 is 0. The van der Waals surface area contributed by atoms with Gasteiger partial charge in [0.2, 0.25) is 0 Å². The standard InChI is InChI=1S/C14H11Cl2N3/c15-12-3-1-10(2-4-12)5-6-18-14-8-11(9-17)7-13(16)19-14/h1-4,7-8H,5-6H2,(H,18,19). The molecule has 0 aliphatic carbocycles. The molecule has 0 radical (unpaired) electrons. The molecule has 0 saturated carbocycles. The molecule has 2 aromatic rings. The van der Waals surface area contributed by atoms with E-state index in [1.165, 1.54) is 11.6 Å². The van der Waals surface area contributed by atoms with Gasteiger partial charge in [-0.25, -0.2) is 4.98 Å². The average molecular weight is 292 g/mol. The lowest BCUT2D eigenvalue weighted by atomic mass is 10.1. The van der Waals surface area contributed by atoms with Crippen LogP contribution >= 0.6 is 23.2 Å². The molecule has 0 spiro atoms. The van der Waals surface area contributed by atoms with E-state index in [1.807, 2.05) is 30.3 Å². The number of nitrogens with one attached hydrogen (secondary N) is 1. The number of halogens is 2. The number of benzene rings is 1. The maximum absolute atomic E-state index is 8.84. The van der Waals surface area contributed by atoms with E-state index in [9.17, 15) is 0 Å². The zero-order valence-corrected chi connectivity index (χ0v) is 11.5. The van der Waals surface area contributed by atoms with E-state index in [1.54, 1.807) is 6.07 Å². The molecule has 19 heavy (non-hydrogen) atoms. The van der Waals surface area contributed by atoms with Gasteiger partial charge in [-0.05, 0) is 36.2 Å². The Kier molecular flexibility index (Phi) is 4.62. The Morgan fingerprint density at radius 1 is 1.16 bits per heavy atom. The van der Waals surface area contributed by atoms with Crippen LogP contribution in [-0.4, -0.2) is 11.5 Å². The highest BCUT2D eigenvalue weighted by Crippen LogP contribution is 2.14. The maximum atomic E-state index is 8.84. The summed E-state index contributed by atoms with van der Waals surface area (Å²) in [6.45, 7) is 0.708. The van der Waals surface area contributed by atoms with E-state index in [0.717, 1.165) is 11.4 Å². The first kappa shape index (κ1) is 13.7. The molecular formula is C14H11Cl2N3. The van der Waals surface area contributed by atoms with Gasteiger partial charge in [0, 0.05) is 11.6 Å². The lowest BCUT2D eigenvalue weighted by Gasteiger charge is -2.06.